The van der Waals surface area contributed by atoms with E-state index in [-0.39, 0.29) is 17.2 Å². The predicted molar refractivity (Wildman–Crippen MR) is 107 cm³/mol. The van der Waals surface area contributed by atoms with E-state index < -0.39 is 11.9 Å². The number of nitrogens with zero attached hydrogens (tertiary/aromatic N) is 2. The third-order valence-corrected chi connectivity index (χ3v) is 5.34. The fraction of sp³-hybridized carbons (Fsp3) is 0.381. The van der Waals surface area contributed by atoms with Crippen molar-refractivity contribution in [1.29, 1.82) is 0 Å². The number of anilines is 1. The standard InChI is InChI=1S/C21H23FN4O3/c1-11(13-5-6-15(28-4)14(22)9-13)25-19(27)16-12(2)29-20-17(16)18(23-10-24-20)26-21(3)7-8-21/h5-6,9-11H,7-8H2,1-4H3,(H,25,27)(H,23,24,26). The number of aromatic nitrogens is 2. The summed E-state index contributed by atoms with van der Waals surface area (Å²) in [5.74, 6) is 0.387. The van der Waals surface area contributed by atoms with Crippen LogP contribution in [0.4, 0.5) is 10.2 Å². The molecule has 1 aromatic carbocycles. The van der Waals surface area contributed by atoms with Crippen LogP contribution in [0, 0.1) is 12.7 Å². The lowest BCUT2D eigenvalue weighted by atomic mass is 10.1. The van der Waals surface area contributed by atoms with E-state index in [1.807, 2.05) is 0 Å². The summed E-state index contributed by atoms with van der Waals surface area (Å²) in [6.07, 6.45) is 3.50. The summed E-state index contributed by atoms with van der Waals surface area (Å²) in [5, 5.41) is 6.87. The monoisotopic (exact) mass is 398 g/mol. The third-order valence-electron chi connectivity index (χ3n) is 5.34. The highest BCUT2D eigenvalue weighted by Gasteiger charge is 2.38. The molecule has 0 spiro atoms. The smallest absolute Gasteiger partial charge is 0.256 e. The number of benzene rings is 1. The number of hydrogen-bond acceptors (Lipinski definition) is 6. The van der Waals surface area contributed by atoms with Gasteiger partial charge in [0, 0.05) is 5.54 Å². The summed E-state index contributed by atoms with van der Waals surface area (Å²) in [5.41, 5.74) is 1.35. The lowest BCUT2D eigenvalue weighted by Crippen LogP contribution is -2.27. The first kappa shape index (κ1) is 19.2. The quantitative estimate of drug-likeness (QED) is 0.649. The number of rotatable bonds is 6. The fourth-order valence-electron chi connectivity index (χ4n) is 3.31. The molecule has 1 fully saturated rings. The van der Waals surface area contributed by atoms with Crippen molar-refractivity contribution >= 4 is 22.8 Å². The number of amides is 1. The van der Waals surface area contributed by atoms with Gasteiger partial charge < -0.3 is 19.8 Å². The van der Waals surface area contributed by atoms with Gasteiger partial charge in [-0.3, -0.25) is 4.79 Å². The minimum absolute atomic E-state index is 0.0197. The number of hydrogen-bond donors (Lipinski definition) is 2. The van der Waals surface area contributed by atoms with Gasteiger partial charge in [-0.1, -0.05) is 6.07 Å². The van der Waals surface area contributed by atoms with Gasteiger partial charge in [-0.25, -0.2) is 14.4 Å². The van der Waals surface area contributed by atoms with Crippen LogP contribution in [-0.2, 0) is 0 Å². The molecule has 1 unspecified atom stereocenters. The third kappa shape index (κ3) is 3.62. The first-order valence-corrected chi connectivity index (χ1v) is 9.48. The second kappa shape index (κ2) is 7.02. The minimum Gasteiger partial charge on any atom is -0.494 e. The van der Waals surface area contributed by atoms with Crippen molar-refractivity contribution in [3.8, 4) is 5.75 Å². The summed E-state index contributed by atoms with van der Waals surface area (Å²) in [6, 6.07) is 4.19. The Morgan fingerprint density at radius 3 is 2.76 bits per heavy atom. The molecule has 29 heavy (non-hydrogen) atoms. The van der Waals surface area contributed by atoms with Gasteiger partial charge >= 0.3 is 0 Å². The molecule has 1 aliphatic rings. The maximum Gasteiger partial charge on any atom is 0.256 e. The normalized spacial score (nSPS) is 15.8. The molecule has 0 bridgehead atoms. The van der Waals surface area contributed by atoms with Gasteiger partial charge in [-0.15, -0.1) is 0 Å². The van der Waals surface area contributed by atoms with Crippen LogP contribution in [0.2, 0.25) is 0 Å². The van der Waals surface area contributed by atoms with Crippen LogP contribution in [0.3, 0.4) is 0 Å². The van der Waals surface area contributed by atoms with Gasteiger partial charge in [-0.05, 0) is 51.3 Å². The molecule has 0 saturated heterocycles. The van der Waals surface area contributed by atoms with Crippen LogP contribution >= 0.6 is 0 Å². The van der Waals surface area contributed by atoms with Gasteiger partial charge in [0.05, 0.1) is 24.1 Å². The van der Waals surface area contributed by atoms with Crippen molar-refractivity contribution < 1.29 is 18.3 Å². The predicted octanol–water partition coefficient (Wildman–Crippen LogP) is 4.13. The zero-order valence-corrected chi connectivity index (χ0v) is 16.8. The van der Waals surface area contributed by atoms with E-state index in [2.05, 4.69) is 27.5 Å². The Balaban J connectivity index is 1.64. The molecule has 1 aliphatic carbocycles. The Bertz CT molecular complexity index is 1090. The Morgan fingerprint density at radius 2 is 2.10 bits per heavy atom. The van der Waals surface area contributed by atoms with Crippen LogP contribution in [0.25, 0.3) is 11.1 Å². The molecule has 1 atom stereocenters. The number of aryl methyl sites for hydroxylation is 1. The van der Waals surface area contributed by atoms with E-state index >= 15 is 0 Å². The molecule has 3 aromatic rings. The zero-order valence-electron chi connectivity index (χ0n) is 16.8. The van der Waals surface area contributed by atoms with Crippen molar-refractivity contribution in [2.24, 2.45) is 0 Å². The number of ether oxygens (including phenoxy) is 1. The molecule has 2 aromatic heterocycles. The number of fused-ring (bicyclic) bond motifs is 1. The van der Waals surface area contributed by atoms with Crippen molar-refractivity contribution in [3.63, 3.8) is 0 Å². The van der Waals surface area contributed by atoms with Crippen LogP contribution < -0.4 is 15.4 Å². The summed E-state index contributed by atoms with van der Waals surface area (Å²) >= 11 is 0. The van der Waals surface area contributed by atoms with E-state index in [1.54, 1.807) is 19.9 Å². The number of carbonyl (C=O) groups is 1. The maximum atomic E-state index is 14.0. The molecule has 2 N–H and O–H groups in total. The fourth-order valence-corrected chi connectivity index (χ4v) is 3.31. The highest BCUT2D eigenvalue weighted by atomic mass is 19.1. The summed E-state index contributed by atoms with van der Waals surface area (Å²) in [4.78, 5) is 21.6. The second-order valence-corrected chi connectivity index (χ2v) is 7.71. The van der Waals surface area contributed by atoms with Gasteiger partial charge in [0.15, 0.2) is 11.6 Å². The topological polar surface area (TPSA) is 89.3 Å². The SMILES string of the molecule is COc1ccc(C(C)NC(=O)c2c(C)oc3ncnc(NC4(C)CC4)c23)cc1F. The minimum atomic E-state index is -0.478. The average Bonchev–Trinajstić information content (AvgIpc) is 3.29. The number of methoxy groups -OCH3 is 1. The van der Waals surface area contributed by atoms with Gasteiger partial charge in [0.2, 0.25) is 5.71 Å². The Hall–Kier alpha value is -3.16. The summed E-state index contributed by atoms with van der Waals surface area (Å²) < 4.78 is 24.7. The highest BCUT2D eigenvalue weighted by Crippen LogP contribution is 2.40. The lowest BCUT2D eigenvalue weighted by molar-refractivity contribution is 0.0939. The van der Waals surface area contributed by atoms with E-state index in [0.29, 0.717) is 33.8 Å². The second-order valence-electron chi connectivity index (χ2n) is 7.71. The Labute approximate surface area is 167 Å². The first-order chi connectivity index (χ1) is 13.8. The number of carbonyl (C=O) groups excluding carboxylic acids is 1. The number of halogens is 1. The maximum absolute atomic E-state index is 14.0. The van der Waals surface area contributed by atoms with Crippen molar-refractivity contribution in [1.82, 2.24) is 15.3 Å². The molecule has 1 saturated carbocycles. The molecule has 8 heteroatoms. The van der Waals surface area contributed by atoms with E-state index in [0.717, 1.165) is 12.8 Å². The number of furan rings is 1. The molecule has 0 aliphatic heterocycles. The molecular weight excluding hydrogens is 375 g/mol. The molecule has 7 nitrogen and oxygen atoms in total. The van der Waals surface area contributed by atoms with Crippen LogP contribution in [0.15, 0.2) is 28.9 Å². The zero-order chi connectivity index (χ0) is 20.8. The van der Waals surface area contributed by atoms with Crippen LogP contribution in [0.1, 0.15) is 54.4 Å². The van der Waals surface area contributed by atoms with Crippen molar-refractivity contribution in [2.75, 3.05) is 12.4 Å². The molecule has 0 radical (unpaired) electrons. The van der Waals surface area contributed by atoms with Crippen LogP contribution in [-0.4, -0.2) is 28.5 Å². The Kier molecular flexibility index (Phi) is 4.64. The van der Waals surface area contributed by atoms with Gasteiger partial charge in [0.1, 0.15) is 17.9 Å². The van der Waals surface area contributed by atoms with Crippen LogP contribution in [0.5, 0.6) is 5.75 Å². The first-order valence-electron chi connectivity index (χ1n) is 9.48. The van der Waals surface area contributed by atoms with Gasteiger partial charge in [0.25, 0.3) is 5.91 Å². The Morgan fingerprint density at radius 1 is 1.34 bits per heavy atom. The van der Waals surface area contributed by atoms with Crippen molar-refractivity contribution in [2.45, 2.75) is 45.2 Å². The molecule has 152 valence electrons. The molecule has 1 amide bonds. The van der Waals surface area contributed by atoms with Crippen molar-refractivity contribution in [3.05, 3.63) is 47.2 Å². The largest absolute Gasteiger partial charge is 0.494 e. The lowest BCUT2D eigenvalue weighted by Gasteiger charge is -2.16. The molecular formula is C21H23FN4O3. The van der Waals surface area contributed by atoms with E-state index in [9.17, 15) is 9.18 Å². The summed E-state index contributed by atoms with van der Waals surface area (Å²) in [7, 11) is 1.41. The average molecular weight is 398 g/mol. The molecule has 2 heterocycles. The van der Waals surface area contributed by atoms with E-state index in [1.165, 1.54) is 25.6 Å². The summed E-state index contributed by atoms with van der Waals surface area (Å²) in [6.45, 7) is 5.61. The highest BCUT2D eigenvalue weighted by molar-refractivity contribution is 6.10. The molecule has 4 rings (SSSR count). The number of nitrogens with one attached hydrogen (secondary N) is 2. The van der Waals surface area contributed by atoms with Gasteiger partial charge in [-0.2, -0.15) is 0 Å². The van der Waals surface area contributed by atoms with E-state index in [4.69, 9.17) is 9.15 Å².